The van der Waals surface area contributed by atoms with Crippen molar-refractivity contribution in [3.05, 3.63) is 62.1 Å². The summed E-state index contributed by atoms with van der Waals surface area (Å²) in [6.45, 7) is 0.267. The number of hydrogen-bond acceptors (Lipinski definition) is 4. The van der Waals surface area contributed by atoms with Crippen LogP contribution in [0.25, 0.3) is 6.08 Å². The summed E-state index contributed by atoms with van der Waals surface area (Å²) in [5.41, 5.74) is 0.874. The molecule has 0 aliphatic carbocycles. The molecule has 1 saturated heterocycles. The summed E-state index contributed by atoms with van der Waals surface area (Å²) < 4.78 is 0. The Bertz CT molecular complexity index is 708. The van der Waals surface area contributed by atoms with E-state index in [-0.39, 0.29) is 17.7 Å². The molecule has 106 valence electrons. The van der Waals surface area contributed by atoms with Crippen molar-refractivity contribution >= 4 is 51.9 Å². The van der Waals surface area contributed by atoms with Gasteiger partial charge in [-0.05, 0) is 47.0 Å². The monoisotopic (exact) mass is 335 g/mol. The molecule has 0 bridgehead atoms. The van der Waals surface area contributed by atoms with Crippen LogP contribution < -0.4 is 0 Å². The molecule has 0 saturated carbocycles. The number of benzene rings is 1. The number of carbonyl (C=O) groups excluding carboxylic acids is 2. The summed E-state index contributed by atoms with van der Waals surface area (Å²) in [6.07, 6.45) is 1.76. The number of amides is 2. The van der Waals surface area contributed by atoms with Crippen molar-refractivity contribution in [1.29, 1.82) is 0 Å². The minimum absolute atomic E-state index is 0.238. The van der Waals surface area contributed by atoms with Crippen LogP contribution in [0.2, 0.25) is 5.02 Å². The Morgan fingerprint density at radius 3 is 2.57 bits per heavy atom. The Labute approximate surface area is 135 Å². The normalized spacial score (nSPS) is 17.0. The third-order valence-electron chi connectivity index (χ3n) is 2.94. The van der Waals surface area contributed by atoms with E-state index in [0.29, 0.717) is 9.93 Å². The SMILES string of the molecule is O=C1S/C(=C\c2cccs2)C(=O)N1Cc1ccc(Cl)cc1. The smallest absolute Gasteiger partial charge is 0.268 e. The zero-order valence-corrected chi connectivity index (χ0v) is 13.2. The number of halogens is 1. The number of carbonyl (C=O) groups is 2. The van der Waals surface area contributed by atoms with E-state index in [9.17, 15) is 9.59 Å². The average molecular weight is 336 g/mol. The summed E-state index contributed by atoms with van der Waals surface area (Å²) in [5.74, 6) is -0.242. The van der Waals surface area contributed by atoms with Gasteiger partial charge in [-0.1, -0.05) is 29.8 Å². The second-order valence-electron chi connectivity index (χ2n) is 4.41. The van der Waals surface area contributed by atoms with Crippen LogP contribution in [0.1, 0.15) is 10.4 Å². The van der Waals surface area contributed by atoms with Gasteiger partial charge in [-0.2, -0.15) is 0 Å². The fourth-order valence-electron chi connectivity index (χ4n) is 1.91. The second kappa shape index (κ2) is 6.05. The van der Waals surface area contributed by atoms with E-state index in [1.165, 1.54) is 16.2 Å². The second-order valence-corrected chi connectivity index (χ2v) is 6.82. The summed E-state index contributed by atoms with van der Waals surface area (Å²) in [5, 5.41) is 2.33. The topological polar surface area (TPSA) is 37.4 Å². The van der Waals surface area contributed by atoms with E-state index in [2.05, 4.69) is 0 Å². The van der Waals surface area contributed by atoms with Gasteiger partial charge in [0.15, 0.2) is 0 Å². The highest BCUT2D eigenvalue weighted by Gasteiger charge is 2.34. The van der Waals surface area contributed by atoms with Gasteiger partial charge in [-0.25, -0.2) is 0 Å². The molecule has 0 spiro atoms. The van der Waals surface area contributed by atoms with Crippen molar-refractivity contribution < 1.29 is 9.59 Å². The van der Waals surface area contributed by atoms with Crippen LogP contribution in [0.4, 0.5) is 4.79 Å². The number of nitrogens with zero attached hydrogens (tertiary/aromatic N) is 1. The Hall–Kier alpha value is -1.56. The minimum atomic E-state index is -0.242. The molecular formula is C15H10ClNO2S2. The lowest BCUT2D eigenvalue weighted by molar-refractivity contribution is -0.123. The Kier molecular flexibility index (Phi) is 4.14. The number of rotatable bonds is 3. The molecule has 0 N–H and O–H groups in total. The summed E-state index contributed by atoms with van der Waals surface area (Å²) in [4.78, 5) is 27.0. The Morgan fingerprint density at radius 2 is 1.90 bits per heavy atom. The highest BCUT2D eigenvalue weighted by molar-refractivity contribution is 8.18. The van der Waals surface area contributed by atoms with E-state index in [0.717, 1.165) is 22.2 Å². The van der Waals surface area contributed by atoms with Crippen LogP contribution in [0.15, 0.2) is 46.7 Å². The van der Waals surface area contributed by atoms with Gasteiger partial charge in [0.1, 0.15) is 0 Å². The molecule has 0 unspecified atom stereocenters. The molecule has 1 aliphatic rings. The first-order valence-electron chi connectivity index (χ1n) is 6.17. The van der Waals surface area contributed by atoms with Crippen molar-refractivity contribution in [2.24, 2.45) is 0 Å². The molecule has 1 aromatic heterocycles. The van der Waals surface area contributed by atoms with Gasteiger partial charge in [-0.15, -0.1) is 11.3 Å². The first kappa shape index (κ1) is 14.4. The largest absolute Gasteiger partial charge is 0.293 e. The van der Waals surface area contributed by atoms with Crippen molar-refractivity contribution in [2.75, 3.05) is 0 Å². The van der Waals surface area contributed by atoms with E-state index < -0.39 is 0 Å². The minimum Gasteiger partial charge on any atom is -0.268 e. The molecule has 1 aromatic carbocycles. The van der Waals surface area contributed by atoms with Crippen molar-refractivity contribution in [3.63, 3.8) is 0 Å². The molecule has 2 amide bonds. The molecule has 3 rings (SSSR count). The Morgan fingerprint density at radius 1 is 1.14 bits per heavy atom. The molecule has 21 heavy (non-hydrogen) atoms. The maximum Gasteiger partial charge on any atom is 0.293 e. The maximum atomic E-state index is 12.3. The molecule has 1 fully saturated rings. The van der Waals surface area contributed by atoms with Gasteiger partial charge in [0.25, 0.3) is 11.1 Å². The lowest BCUT2D eigenvalue weighted by Gasteiger charge is -2.12. The molecule has 3 nitrogen and oxygen atoms in total. The molecule has 2 heterocycles. The van der Waals surface area contributed by atoms with E-state index in [1.54, 1.807) is 18.2 Å². The van der Waals surface area contributed by atoms with Crippen LogP contribution in [-0.4, -0.2) is 16.0 Å². The first-order chi connectivity index (χ1) is 10.1. The molecule has 6 heteroatoms. The van der Waals surface area contributed by atoms with Gasteiger partial charge < -0.3 is 0 Å². The van der Waals surface area contributed by atoms with Crippen LogP contribution in [0.3, 0.4) is 0 Å². The van der Waals surface area contributed by atoms with Crippen LogP contribution in [0, 0.1) is 0 Å². The average Bonchev–Trinajstić information content (AvgIpc) is 3.06. The fraction of sp³-hybridized carbons (Fsp3) is 0.0667. The molecule has 0 atom stereocenters. The van der Waals surface area contributed by atoms with Gasteiger partial charge in [-0.3, -0.25) is 14.5 Å². The van der Waals surface area contributed by atoms with Gasteiger partial charge in [0, 0.05) is 9.90 Å². The van der Waals surface area contributed by atoms with Crippen molar-refractivity contribution in [2.45, 2.75) is 6.54 Å². The lowest BCUT2D eigenvalue weighted by Crippen LogP contribution is -2.27. The standard InChI is InChI=1S/C15H10ClNO2S2/c16-11-5-3-10(4-6-11)9-17-14(18)13(21-15(17)19)8-12-2-1-7-20-12/h1-8H,9H2/b13-8-. The van der Waals surface area contributed by atoms with Crippen LogP contribution in [-0.2, 0) is 11.3 Å². The van der Waals surface area contributed by atoms with E-state index in [1.807, 2.05) is 29.6 Å². The van der Waals surface area contributed by atoms with Crippen molar-refractivity contribution in [3.8, 4) is 0 Å². The molecule has 2 aromatic rings. The quantitative estimate of drug-likeness (QED) is 0.767. The first-order valence-corrected chi connectivity index (χ1v) is 8.24. The van der Waals surface area contributed by atoms with Crippen molar-refractivity contribution in [1.82, 2.24) is 4.90 Å². The van der Waals surface area contributed by atoms with Gasteiger partial charge in [0.05, 0.1) is 11.4 Å². The number of hydrogen-bond donors (Lipinski definition) is 0. The van der Waals surface area contributed by atoms with E-state index in [4.69, 9.17) is 11.6 Å². The highest BCUT2D eigenvalue weighted by Crippen LogP contribution is 2.33. The summed E-state index contributed by atoms with van der Waals surface area (Å²) >= 11 is 8.34. The number of thioether (sulfide) groups is 1. The Balaban J connectivity index is 1.79. The molecule has 1 aliphatic heterocycles. The van der Waals surface area contributed by atoms with Gasteiger partial charge >= 0.3 is 0 Å². The molecular weight excluding hydrogens is 326 g/mol. The van der Waals surface area contributed by atoms with Gasteiger partial charge in [0.2, 0.25) is 0 Å². The third-order valence-corrected chi connectivity index (χ3v) is 4.92. The predicted octanol–water partition coefficient (Wildman–Crippen LogP) is 4.64. The zero-order chi connectivity index (χ0) is 14.8. The van der Waals surface area contributed by atoms with Crippen LogP contribution >= 0.6 is 34.7 Å². The third kappa shape index (κ3) is 3.20. The molecule has 0 radical (unpaired) electrons. The van der Waals surface area contributed by atoms with Crippen LogP contribution in [0.5, 0.6) is 0 Å². The summed E-state index contributed by atoms with van der Waals surface area (Å²) in [7, 11) is 0. The predicted molar refractivity (Wildman–Crippen MR) is 87.3 cm³/mol. The lowest BCUT2D eigenvalue weighted by atomic mass is 10.2. The maximum absolute atomic E-state index is 12.3. The number of imide groups is 1. The number of thiophene rings is 1. The highest BCUT2D eigenvalue weighted by atomic mass is 35.5. The fourth-order valence-corrected chi connectivity index (χ4v) is 3.60. The zero-order valence-electron chi connectivity index (χ0n) is 10.8. The summed E-state index contributed by atoms with van der Waals surface area (Å²) in [6, 6.07) is 10.9. The van der Waals surface area contributed by atoms with E-state index >= 15 is 0 Å².